The lowest BCUT2D eigenvalue weighted by Gasteiger charge is -2.13. The summed E-state index contributed by atoms with van der Waals surface area (Å²) in [5.74, 6) is 0.593. The van der Waals surface area contributed by atoms with E-state index in [0.29, 0.717) is 29.6 Å². The molecule has 2 aromatic rings. The smallest absolute Gasteiger partial charge is 0.132 e. The third-order valence-electron chi connectivity index (χ3n) is 3.54. The van der Waals surface area contributed by atoms with Crippen molar-refractivity contribution in [3.8, 4) is 11.5 Å². The lowest BCUT2D eigenvalue weighted by Crippen LogP contribution is -2.16. The van der Waals surface area contributed by atoms with E-state index in [9.17, 15) is 8.78 Å². The van der Waals surface area contributed by atoms with Crippen LogP contribution in [-0.4, -0.2) is 6.04 Å². The predicted molar refractivity (Wildman–Crippen MR) is 77.5 cm³/mol. The third-order valence-corrected chi connectivity index (χ3v) is 3.54. The van der Waals surface area contributed by atoms with Gasteiger partial charge in [0.2, 0.25) is 0 Å². The van der Waals surface area contributed by atoms with Crippen LogP contribution in [0.15, 0.2) is 36.4 Å². The van der Waals surface area contributed by atoms with Gasteiger partial charge in [0, 0.05) is 18.2 Å². The van der Waals surface area contributed by atoms with Gasteiger partial charge in [0.15, 0.2) is 0 Å². The molecular weight excluding hydrogens is 272 g/mol. The van der Waals surface area contributed by atoms with E-state index < -0.39 is 0 Å². The zero-order chi connectivity index (χ0) is 14.8. The molecule has 1 N–H and O–H groups in total. The summed E-state index contributed by atoms with van der Waals surface area (Å²) in [5, 5.41) is 3.34. The SMILES string of the molecule is Cc1cc(F)ccc1Oc1ccc(F)cc1CNC1CC1. The van der Waals surface area contributed by atoms with Gasteiger partial charge in [-0.2, -0.15) is 0 Å². The number of halogens is 2. The summed E-state index contributed by atoms with van der Waals surface area (Å²) in [7, 11) is 0. The molecule has 4 heteroatoms. The fourth-order valence-electron chi connectivity index (χ4n) is 2.17. The molecule has 1 fully saturated rings. The van der Waals surface area contributed by atoms with E-state index in [0.717, 1.165) is 5.56 Å². The molecule has 21 heavy (non-hydrogen) atoms. The molecule has 0 heterocycles. The monoisotopic (exact) mass is 289 g/mol. The van der Waals surface area contributed by atoms with E-state index in [2.05, 4.69) is 5.32 Å². The quantitative estimate of drug-likeness (QED) is 0.885. The van der Waals surface area contributed by atoms with Gasteiger partial charge in [0.25, 0.3) is 0 Å². The van der Waals surface area contributed by atoms with Crippen molar-refractivity contribution in [2.45, 2.75) is 32.4 Å². The Balaban J connectivity index is 1.82. The molecule has 0 aliphatic heterocycles. The summed E-state index contributed by atoms with van der Waals surface area (Å²) < 4.78 is 32.4. The van der Waals surface area contributed by atoms with Crippen LogP contribution in [0.2, 0.25) is 0 Å². The highest BCUT2D eigenvalue weighted by Gasteiger charge is 2.21. The first-order valence-corrected chi connectivity index (χ1v) is 7.07. The Morgan fingerprint density at radius 2 is 1.71 bits per heavy atom. The molecule has 0 saturated heterocycles. The van der Waals surface area contributed by atoms with Gasteiger partial charge in [-0.25, -0.2) is 8.78 Å². The molecule has 0 atom stereocenters. The minimum atomic E-state index is -0.297. The number of nitrogens with one attached hydrogen (secondary N) is 1. The first-order valence-electron chi connectivity index (χ1n) is 7.07. The molecule has 0 unspecified atom stereocenters. The van der Waals surface area contributed by atoms with E-state index in [1.165, 1.54) is 37.1 Å². The molecule has 2 aromatic carbocycles. The first-order chi connectivity index (χ1) is 10.1. The van der Waals surface area contributed by atoms with Gasteiger partial charge >= 0.3 is 0 Å². The van der Waals surface area contributed by atoms with Crippen molar-refractivity contribution in [3.63, 3.8) is 0 Å². The van der Waals surface area contributed by atoms with Crippen LogP contribution in [-0.2, 0) is 6.54 Å². The molecule has 110 valence electrons. The molecule has 0 aromatic heterocycles. The fraction of sp³-hybridized carbons (Fsp3) is 0.294. The lowest BCUT2D eigenvalue weighted by molar-refractivity contribution is 0.464. The van der Waals surface area contributed by atoms with Crippen LogP contribution in [0.5, 0.6) is 11.5 Å². The van der Waals surface area contributed by atoms with Gasteiger partial charge < -0.3 is 10.1 Å². The minimum Gasteiger partial charge on any atom is -0.457 e. The average molecular weight is 289 g/mol. The maximum Gasteiger partial charge on any atom is 0.132 e. The van der Waals surface area contributed by atoms with Crippen molar-refractivity contribution in [3.05, 3.63) is 59.2 Å². The van der Waals surface area contributed by atoms with Crippen LogP contribution < -0.4 is 10.1 Å². The maximum atomic E-state index is 13.4. The van der Waals surface area contributed by atoms with Crippen molar-refractivity contribution in [1.29, 1.82) is 0 Å². The van der Waals surface area contributed by atoms with Crippen molar-refractivity contribution in [2.75, 3.05) is 0 Å². The Morgan fingerprint density at radius 3 is 2.38 bits per heavy atom. The van der Waals surface area contributed by atoms with Gasteiger partial charge in [-0.05, 0) is 61.7 Å². The van der Waals surface area contributed by atoms with Crippen molar-refractivity contribution in [2.24, 2.45) is 0 Å². The van der Waals surface area contributed by atoms with Crippen molar-refractivity contribution in [1.82, 2.24) is 5.32 Å². The Kier molecular flexibility index (Phi) is 3.88. The van der Waals surface area contributed by atoms with E-state index in [1.807, 2.05) is 0 Å². The van der Waals surface area contributed by atoms with E-state index >= 15 is 0 Å². The molecule has 1 aliphatic rings. The zero-order valence-corrected chi connectivity index (χ0v) is 11.8. The highest BCUT2D eigenvalue weighted by atomic mass is 19.1. The fourth-order valence-corrected chi connectivity index (χ4v) is 2.17. The van der Waals surface area contributed by atoms with Gasteiger partial charge in [-0.1, -0.05) is 0 Å². The molecule has 0 amide bonds. The van der Waals surface area contributed by atoms with Gasteiger partial charge in [0.05, 0.1) is 0 Å². The largest absolute Gasteiger partial charge is 0.457 e. The molecule has 1 aliphatic carbocycles. The molecule has 0 spiro atoms. The van der Waals surface area contributed by atoms with Crippen LogP contribution in [0, 0.1) is 18.6 Å². The number of rotatable bonds is 5. The van der Waals surface area contributed by atoms with E-state index in [-0.39, 0.29) is 11.6 Å². The van der Waals surface area contributed by atoms with Crippen LogP contribution in [0.25, 0.3) is 0 Å². The second-order valence-electron chi connectivity index (χ2n) is 5.42. The van der Waals surface area contributed by atoms with Gasteiger partial charge in [-0.3, -0.25) is 0 Å². The van der Waals surface area contributed by atoms with Crippen LogP contribution in [0.1, 0.15) is 24.0 Å². The zero-order valence-electron chi connectivity index (χ0n) is 11.8. The van der Waals surface area contributed by atoms with Crippen molar-refractivity contribution >= 4 is 0 Å². The summed E-state index contributed by atoms with van der Waals surface area (Å²) in [5.41, 5.74) is 1.48. The van der Waals surface area contributed by atoms with Gasteiger partial charge in [0.1, 0.15) is 23.1 Å². The van der Waals surface area contributed by atoms with Gasteiger partial charge in [-0.15, -0.1) is 0 Å². The molecule has 2 nitrogen and oxygen atoms in total. The molecule has 1 saturated carbocycles. The number of aryl methyl sites for hydroxylation is 1. The normalized spacial score (nSPS) is 14.2. The minimum absolute atomic E-state index is 0.286. The maximum absolute atomic E-state index is 13.4. The number of ether oxygens (including phenoxy) is 1. The number of hydrogen-bond donors (Lipinski definition) is 1. The summed E-state index contributed by atoms with van der Waals surface area (Å²) in [6.07, 6.45) is 2.34. The lowest BCUT2D eigenvalue weighted by atomic mass is 10.1. The Labute approximate surface area is 122 Å². The third kappa shape index (κ3) is 3.58. The molecule has 0 radical (unpaired) electrons. The second-order valence-corrected chi connectivity index (χ2v) is 5.42. The van der Waals surface area contributed by atoms with E-state index in [4.69, 9.17) is 4.74 Å². The second kappa shape index (κ2) is 5.82. The van der Waals surface area contributed by atoms with Crippen LogP contribution in [0.4, 0.5) is 8.78 Å². The summed E-state index contributed by atoms with van der Waals surface area (Å²) >= 11 is 0. The Hall–Kier alpha value is -1.94. The highest BCUT2D eigenvalue weighted by Crippen LogP contribution is 2.29. The Bertz CT molecular complexity index is 653. The Morgan fingerprint density at radius 1 is 1.05 bits per heavy atom. The van der Waals surface area contributed by atoms with Crippen LogP contribution in [0.3, 0.4) is 0 Å². The number of hydrogen-bond acceptors (Lipinski definition) is 2. The predicted octanol–water partition coefficient (Wildman–Crippen LogP) is 4.32. The standard InChI is InChI=1S/C17H17F2NO/c1-11-8-13(18)2-6-16(11)21-17-7-3-14(19)9-12(17)10-20-15-4-5-15/h2-3,6-9,15,20H,4-5,10H2,1H3. The number of benzene rings is 2. The highest BCUT2D eigenvalue weighted by molar-refractivity contribution is 5.41. The van der Waals surface area contributed by atoms with E-state index in [1.54, 1.807) is 19.1 Å². The van der Waals surface area contributed by atoms with Crippen LogP contribution >= 0.6 is 0 Å². The molecular formula is C17H17F2NO. The first kappa shape index (κ1) is 14.0. The summed E-state index contributed by atoms with van der Waals surface area (Å²) in [6.45, 7) is 2.35. The summed E-state index contributed by atoms with van der Waals surface area (Å²) in [6, 6.07) is 9.36. The van der Waals surface area contributed by atoms with Crippen molar-refractivity contribution < 1.29 is 13.5 Å². The average Bonchev–Trinajstić information content (AvgIpc) is 3.26. The molecule has 0 bridgehead atoms. The topological polar surface area (TPSA) is 21.3 Å². The summed E-state index contributed by atoms with van der Waals surface area (Å²) in [4.78, 5) is 0. The molecule has 3 rings (SSSR count).